The molecule has 1 atom stereocenters. The molecular weight excluding hydrogens is 455 g/mol. The monoisotopic (exact) mass is 479 g/mol. The average molecular weight is 479 g/mol. The first kappa shape index (κ1) is 25.1. The highest BCUT2D eigenvalue weighted by Gasteiger charge is 2.38. The number of nitrogens with one attached hydrogen (secondary N) is 1. The third-order valence-corrected chi connectivity index (χ3v) is 5.06. The molecule has 0 saturated carbocycles. The first-order valence-electron chi connectivity index (χ1n) is 10.3. The number of hydrogen-bond acceptors (Lipinski definition) is 6. The molecule has 34 heavy (non-hydrogen) atoms. The van der Waals surface area contributed by atoms with E-state index in [0.717, 1.165) is 28.8 Å². The van der Waals surface area contributed by atoms with Crippen molar-refractivity contribution in [2.45, 2.75) is 25.3 Å². The predicted molar refractivity (Wildman–Crippen MR) is 116 cm³/mol. The van der Waals surface area contributed by atoms with Crippen LogP contribution in [-0.4, -0.2) is 69.6 Å². The molecule has 0 bridgehead atoms. The van der Waals surface area contributed by atoms with Crippen molar-refractivity contribution in [2.75, 3.05) is 26.8 Å². The third kappa shape index (κ3) is 6.51. The lowest BCUT2D eigenvalue weighted by atomic mass is 10.1. The lowest BCUT2D eigenvalue weighted by Gasteiger charge is -2.33. The van der Waals surface area contributed by atoms with E-state index in [4.69, 9.17) is 19.6 Å². The van der Waals surface area contributed by atoms with Crippen molar-refractivity contribution in [1.29, 1.82) is 0 Å². The van der Waals surface area contributed by atoms with E-state index in [9.17, 15) is 18.0 Å². The van der Waals surface area contributed by atoms with Gasteiger partial charge in [-0.15, -0.1) is 0 Å². The van der Waals surface area contributed by atoms with E-state index in [1.807, 2.05) is 28.9 Å². The van der Waals surface area contributed by atoms with Gasteiger partial charge in [-0.3, -0.25) is 19.4 Å². The topological polar surface area (TPSA) is 110 Å². The maximum Gasteiger partial charge on any atom is 0.490 e. The molecule has 1 unspecified atom stereocenters. The summed E-state index contributed by atoms with van der Waals surface area (Å²) in [4.78, 5) is 28.5. The number of pyridine rings is 1. The zero-order valence-corrected chi connectivity index (χ0v) is 18.3. The van der Waals surface area contributed by atoms with E-state index in [2.05, 4.69) is 33.5 Å². The highest BCUT2D eigenvalue weighted by Crippen LogP contribution is 2.22. The zero-order chi connectivity index (χ0) is 24.7. The molecule has 2 aromatic heterocycles. The van der Waals surface area contributed by atoms with Crippen molar-refractivity contribution in [2.24, 2.45) is 0 Å². The summed E-state index contributed by atoms with van der Waals surface area (Å²) in [6, 6.07) is 13.9. The minimum absolute atomic E-state index is 0.0341. The van der Waals surface area contributed by atoms with Crippen molar-refractivity contribution >= 4 is 22.8 Å². The summed E-state index contributed by atoms with van der Waals surface area (Å²) in [7, 11) is 1.62. The number of aromatic nitrogens is 3. The summed E-state index contributed by atoms with van der Waals surface area (Å²) in [5, 5.41) is 15.5. The van der Waals surface area contributed by atoms with Gasteiger partial charge in [-0.2, -0.15) is 18.3 Å². The average Bonchev–Trinajstić information content (AvgIpc) is 3.27. The Balaban J connectivity index is 0.000000406. The minimum atomic E-state index is -5.08. The Morgan fingerprint density at radius 3 is 2.65 bits per heavy atom. The second-order valence-corrected chi connectivity index (χ2v) is 7.53. The molecule has 0 spiro atoms. The third-order valence-electron chi connectivity index (χ3n) is 5.06. The van der Waals surface area contributed by atoms with Crippen molar-refractivity contribution in [3.05, 3.63) is 60.0 Å². The highest BCUT2D eigenvalue weighted by molar-refractivity contribution is 5.80. The lowest BCUT2D eigenvalue weighted by Crippen LogP contribution is -2.45. The van der Waals surface area contributed by atoms with Gasteiger partial charge in [-0.25, -0.2) is 4.79 Å². The molecule has 2 N–H and O–H groups in total. The molecular formula is C22H24F3N5O4. The number of carbonyl (C=O) groups excluding carboxylic acids is 1. The molecule has 0 aliphatic carbocycles. The van der Waals surface area contributed by atoms with Crippen LogP contribution in [0, 0.1) is 0 Å². The Labute approximate surface area is 193 Å². The fourth-order valence-electron chi connectivity index (χ4n) is 3.50. The van der Waals surface area contributed by atoms with Gasteiger partial charge in [0.2, 0.25) is 5.91 Å². The lowest BCUT2D eigenvalue weighted by molar-refractivity contribution is -0.192. The van der Waals surface area contributed by atoms with E-state index in [1.54, 1.807) is 13.3 Å². The van der Waals surface area contributed by atoms with Gasteiger partial charge in [0.05, 0.1) is 23.5 Å². The number of ether oxygens (including phenoxy) is 1. The van der Waals surface area contributed by atoms with Crippen LogP contribution in [0.4, 0.5) is 13.2 Å². The molecule has 3 heterocycles. The number of benzene rings is 1. The number of hydrogen-bond donors (Lipinski definition) is 2. The van der Waals surface area contributed by atoms with Crippen LogP contribution < -0.4 is 5.32 Å². The fraction of sp³-hybridized carbons (Fsp3) is 0.364. The van der Waals surface area contributed by atoms with Crippen LogP contribution in [0.15, 0.2) is 48.7 Å². The maximum absolute atomic E-state index is 12.6. The van der Waals surface area contributed by atoms with Crippen LogP contribution in [0.5, 0.6) is 0 Å². The molecule has 1 aromatic carbocycles. The first-order valence-corrected chi connectivity index (χ1v) is 10.3. The number of fused-ring (bicyclic) bond motifs is 2. The molecule has 12 heteroatoms. The summed E-state index contributed by atoms with van der Waals surface area (Å²) in [5.74, 6) is -2.79. The zero-order valence-electron chi connectivity index (χ0n) is 18.3. The van der Waals surface area contributed by atoms with Crippen molar-refractivity contribution in [1.82, 2.24) is 25.0 Å². The Morgan fingerprint density at radius 1 is 1.21 bits per heavy atom. The van der Waals surface area contributed by atoms with Gasteiger partial charge in [0, 0.05) is 44.9 Å². The molecule has 0 radical (unpaired) electrons. The normalized spacial score (nSPS) is 15.8. The van der Waals surface area contributed by atoms with E-state index >= 15 is 0 Å². The number of nitrogens with zero attached hydrogens (tertiary/aromatic N) is 4. The van der Waals surface area contributed by atoms with E-state index in [0.29, 0.717) is 26.2 Å². The number of rotatable bonds is 6. The van der Waals surface area contributed by atoms with Crippen LogP contribution in [0.2, 0.25) is 0 Å². The van der Waals surface area contributed by atoms with Gasteiger partial charge in [0.15, 0.2) is 0 Å². The largest absolute Gasteiger partial charge is 0.490 e. The smallest absolute Gasteiger partial charge is 0.475 e. The molecule has 4 rings (SSSR count). The summed E-state index contributed by atoms with van der Waals surface area (Å²) in [6.07, 6.45) is -3.33. The van der Waals surface area contributed by atoms with Crippen LogP contribution in [-0.2, 0) is 27.4 Å². The molecule has 0 saturated heterocycles. The number of carboxylic acids is 1. The Morgan fingerprint density at radius 2 is 1.94 bits per heavy atom. The predicted octanol–water partition coefficient (Wildman–Crippen LogP) is 2.38. The van der Waals surface area contributed by atoms with Crippen molar-refractivity contribution in [3.8, 4) is 0 Å². The van der Waals surface area contributed by atoms with Crippen LogP contribution >= 0.6 is 0 Å². The first-order chi connectivity index (χ1) is 16.2. The summed E-state index contributed by atoms with van der Waals surface area (Å²) in [5.41, 5.74) is 3.03. The number of halogens is 3. The minimum Gasteiger partial charge on any atom is -0.475 e. The quantitative estimate of drug-likeness (QED) is 0.523. The standard InChI is InChI=1S/C20H23N5O2.C2HF3O2/c1-27-11-10-21-20(26)19-14-24(13-17-8-9-22-25(17)19)12-16-7-6-15-4-2-3-5-18(15)23-16;3-2(4,5)1(6)7/h2-9,19H,10-14H2,1H3,(H,21,26);(H,6,7). The number of carbonyl (C=O) groups is 2. The van der Waals surface area contributed by atoms with Gasteiger partial charge in [-0.05, 0) is 18.2 Å². The number of methoxy groups -OCH3 is 1. The SMILES string of the molecule is COCCNC(=O)C1CN(Cc2ccc3ccccc3n2)Cc2ccnn21.O=C(O)C(F)(F)F. The van der Waals surface area contributed by atoms with Gasteiger partial charge in [0.1, 0.15) is 6.04 Å². The summed E-state index contributed by atoms with van der Waals surface area (Å²) < 4.78 is 38.6. The molecule has 3 aromatic rings. The summed E-state index contributed by atoms with van der Waals surface area (Å²) in [6.45, 7) is 3.03. The molecule has 0 fully saturated rings. The molecule has 1 aliphatic rings. The molecule has 9 nitrogen and oxygen atoms in total. The highest BCUT2D eigenvalue weighted by atomic mass is 19.4. The Hall–Kier alpha value is -3.51. The molecule has 1 aliphatic heterocycles. The number of alkyl halides is 3. The van der Waals surface area contributed by atoms with Gasteiger partial charge >= 0.3 is 12.1 Å². The molecule has 1 amide bonds. The van der Waals surface area contributed by atoms with Crippen LogP contribution in [0.3, 0.4) is 0 Å². The van der Waals surface area contributed by atoms with Crippen molar-refractivity contribution < 1.29 is 32.6 Å². The van der Waals surface area contributed by atoms with Gasteiger partial charge < -0.3 is 15.2 Å². The van der Waals surface area contributed by atoms with Crippen molar-refractivity contribution in [3.63, 3.8) is 0 Å². The number of aliphatic carboxylic acids is 1. The number of carboxylic acid groups (broad SMARTS) is 1. The Kier molecular flexibility index (Phi) is 8.18. The second kappa shape index (κ2) is 11.1. The number of para-hydroxylation sites is 1. The number of amides is 1. The maximum atomic E-state index is 12.6. The van der Waals surface area contributed by atoms with E-state index in [-0.39, 0.29) is 11.9 Å². The summed E-state index contributed by atoms with van der Waals surface area (Å²) >= 11 is 0. The second-order valence-electron chi connectivity index (χ2n) is 7.53. The van der Waals surface area contributed by atoms with E-state index < -0.39 is 12.1 Å². The molecule has 182 valence electrons. The van der Waals surface area contributed by atoms with E-state index in [1.165, 1.54) is 0 Å². The van der Waals surface area contributed by atoms with Crippen LogP contribution in [0.25, 0.3) is 10.9 Å². The fourth-order valence-corrected chi connectivity index (χ4v) is 3.50. The van der Waals surface area contributed by atoms with Gasteiger partial charge in [0.25, 0.3) is 0 Å². The Bertz CT molecular complexity index is 1130. The van der Waals surface area contributed by atoms with Crippen LogP contribution in [0.1, 0.15) is 17.4 Å². The van der Waals surface area contributed by atoms with Gasteiger partial charge in [-0.1, -0.05) is 24.3 Å².